The molecule has 2 aromatic rings. The summed E-state index contributed by atoms with van der Waals surface area (Å²) in [5.41, 5.74) is 7.83. The Morgan fingerprint density at radius 2 is 2.07 bits per heavy atom. The van der Waals surface area contributed by atoms with E-state index in [4.69, 9.17) is 5.73 Å². The summed E-state index contributed by atoms with van der Waals surface area (Å²) >= 11 is 1.58. The molecule has 0 aliphatic carbocycles. The number of aryl methyl sites for hydroxylation is 1. The number of rotatable bonds is 1. The van der Waals surface area contributed by atoms with Crippen LogP contribution in [0.25, 0.3) is 10.4 Å². The van der Waals surface area contributed by atoms with Crippen LogP contribution in [0.3, 0.4) is 0 Å². The third kappa shape index (κ3) is 1.40. The summed E-state index contributed by atoms with van der Waals surface area (Å²) in [5.74, 6) is -0.352. The van der Waals surface area contributed by atoms with Gasteiger partial charge in [-0.15, -0.1) is 11.3 Å². The molecule has 1 aromatic heterocycles. The van der Waals surface area contributed by atoms with Gasteiger partial charge in [-0.1, -0.05) is 12.1 Å². The van der Waals surface area contributed by atoms with E-state index in [2.05, 4.69) is 0 Å². The zero-order valence-corrected chi connectivity index (χ0v) is 8.57. The third-order valence-corrected chi connectivity index (χ3v) is 3.21. The van der Waals surface area contributed by atoms with Crippen LogP contribution >= 0.6 is 11.3 Å². The number of halogens is 1. The zero-order valence-electron chi connectivity index (χ0n) is 7.75. The minimum absolute atomic E-state index is 0.234. The minimum atomic E-state index is -0.352. The summed E-state index contributed by atoms with van der Waals surface area (Å²) in [4.78, 5) is 1.04. The molecule has 0 atom stereocenters. The number of anilines is 1. The van der Waals surface area contributed by atoms with Crippen LogP contribution in [-0.4, -0.2) is 0 Å². The average molecular weight is 207 g/mol. The van der Waals surface area contributed by atoms with Crippen LogP contribution in [0.4, 0.5) is 10.1 Å². The Morgan fingerprint density at radius 1 is 1.29 bits per heavy atom. The molecule has 1 heterocycles. The lowest BCUT2D eigenvalue weighted by atomic mass is 10.1. The molecule has 72 valence electrons. The van der Waals surface area contributed by atoms with E-state index in [1.165, 1.54) is 6.07 Å². The van der Waals surface area contributed by atoms with E-state index in [-0.39, 0.29) is 11.5 Å². The van der Waals surface area contributed by atoms with Gasteiger partial charge in [-0.05, 0) is 30.0 Å². The predicted molar refractivity (Wildman–Crippen MR) is 58.9 cm³/mol. The lowest BCUT2D eigenvalue weighted by Crippen LogP contribution is -1.93. The van der Waals surface area contributed by atoms with Crippen LogP contribution < -0.4 is 5.73 Å². The average Bonchev–Trinajstić information content (AvgIpc) is 2.57. The maximum Gasteiger partial charge on any atom is 0.146 e. The molecule has 0 radical (unpaired) electrons. The summed E-state index contributed by atoms with van der Waals surface area (Å²) in [6, 6.07) is 6.91. The third-order valence-electron chi connectivity index (χ3n) is 2.16. The Balaban J connectivity index is 2.63. The van der Waals surface area contributed by atoms with Crippen molar-refractivity contribution in [3.8, 4) is 10.4 Å². The molecule has 1 nitrogen and oxygen atoms in total. The van der Waals surface area contributed by atoms with Crippen molar-refractivity contribution >= 4 is 17.0 Å². The number of nitrogen functional groups attached to an aromatic ring is 1. The molecule has 0 saturated heterocycles. The largest absolute Gasteiger partial charge is 0.396 e. The summed E-state index contributed by atoms with van der Waals surface area (Å²) in [5, 5.41) is 1.98. The fourth-order valence-electron chi connectivity index (χ4n) is 1.38. The second-order valence-electron chi connectivity index (χ2n) is 3.13. The predicted octanol–water partition coefficient (Wildman–Crippen LogP) is 3.44. The highest BCUT2D eigenvalue weighted by Gasteiger charge is 2.09. The Kier molecular flexibility index (Phi) is 2.25. The molecule has 0 fully saturated rings. The highest BCUT2D eigenvalue weighted by Crippen LogP contribution is 2.34. The summed E-state index contributed by atoms with van der Waals surface area (Å²) in [6.45, 7) is 2.00. The number of para-hydroxylation sites is 1. The number of hydrogen-bond acceptors (Lipinski definition) is 2. The van der Waals surface area contributed by atoms with E-state index in [1.807, 2.05) is 24.4 Å². The van der Waals surface area contributed by atoms with E-state index >= 15 is 0 Å². The highest BCUT2D eigenvalue weighted by atomic mass is 32.1. The molecule has 1 aromatic carbocycles. The lowest BCUT2D eigenvalue weighted by Gasteiger charge is -2.04. The van der Waals surface area contributed by atoms with E-state index in [0.717, 1.165) is 16.0 Å². The van der Waals surface area contributed by atoms with Gasteiger partial charge < -0.3 is 5.73 Å². The fourth-order valence-corrected chi connectivity index (χ4v) is 2.35. The standard InChI is InChI=1S/C11H10FNS/c1-7-5-6-14-11(7)8-3-2-4-9(12)10(8)13/h2-6H,13H2,1H3. The molecule has 3 heteroatoms. The summed E-state index contributed by atoms with van der Waals surface area (Å²) in [7, 11) is 0. The molecule has 0 bridgehead atoms. The molecule has 0 aliphatic heterocycles. The van der Waals surface area contributed by atoms with Crippen LogP contribution in [-0.2, 0) is 0 Å². The monoisotopic (exact) mass is 207 g/mol. The van der Waals surface area contributed by atoms with Gasteiger partial charge >= 0.3 is 0 Å². The van der Waals surface area contributed by atoms with Gasteiger partial charge in [-0.2, -0.15) is 0 Å². The first-order valence-electron chi connectivity index (χ1n) is 4.28. The SMILES string of the molecule is Cc1ccsc1-c1cccc(F)c1N. The minimum Gasteiger partial charge on any atom is -0.396 e. The van der Waals surface area contributed by atoms with E-state index in [9.17, 15) is 4.39 Å². The highest BCUT2D eigenvalue weighted by molar-refractivity contribution is 7.13. The van der Waals surface area contributed by atoms with E-state index < -0.39 is 0 Å². The number of thiophene rings is 1. The van der Waals surface area contributed by atoms with Gasteiger partial charge in [0.05, 0.1) is 5.69 Å². The Labute approximate surface area is 86.0 Å². The van der Waals surface area contributed by atoms with Gasteiger partial charge in [0, 0.05) is 10.4 Å². The number of nitrogens with two attached hydrogens (primary N) is 1. The van der Waals surface area contributed by atoms with Gasteiger partial charge in [0.2, 0.25) is 0 Å². The van der Waals surface area contributed by atoms with Gasteiger partial charge in [0.1, 0.15) is 5.82 Å². The molecule has 0 spiro atoms. The van der Waals surface area contributed by atoms with Crippen LogP contribution in [0, 0.1) is 12.7 Å². The van der Waals surface area contributed by atoms with Crippen molar-refractivity contribution in [1.29, 1.82) is 0 Å². The van der Waals surface area contributed by atoms with Gasteiger partial charge in [0.15, 0.2) is 0 Å². The maximum absolute atomic E-state index is 13.2. The van der Waals surface area contributed by atoms with Gasteiger partial charge in [-0.3, -0.25) is 0 Å². The molecule has 2 N–H and O–H groups in total. The second kappa shape index (κ2) is 3.42. The first-order chi connectivity index (χ1) is 6.70. The van der Waals surface area contributed by atoms with Crippen molar-refractivity contribution in [2.24, 2.45) is 0 Å². The maximum atomic E-state index is 13.2. The second-order valence-corrected chi connectivity index (χ2v) is 4.05. The Morgan fingerprint density at radius 3 is 2.71 bits per heavy atom. The Hall–Kier alpha value is -1.35. The quantitative estimate of drug-likeness (QED) is 0.712. The molecule has 14 heavy (non-hydrogen) atoms. The van der Waals surface area contributed by atoms with Crippen LogP contribution in [0.1, 0.15) is 5.56 Å². The van der Waals surface area contributed by atoms with Crippen molar-refractivity contribution in [1.82, 2.24) is 0 Å². The van der Waals surface area contributed by atoms with Crippen LogP contribution in [0.15, 0.2) is 29.6 Å². The van der Waals surface area contributed by atoms with Crippen molar-refractivity contribution < 1.29 is 4.39 Å². The molecule has 0 saturated carbocycles. The Bertz CT molecular complexity index is 462. The smallest absolute Gasteiger partial charge is 0.146 e. The lowest BCUT2D eigenvalue weighted by molar-refractivity contribution is 0.633. The van der Waals surface area contributed by atoms with E-state index in [0.29, 0.717) is 0 Å². The van der Waals surface area contributed by atoms with Crippen molar-refractivity contribution in [3.63, 3.8) is 0 Å². The number of hydrogen-bond donors (Lipinski definition) is 1. The summed E-state index contributed by atoms with van der Waals surface area (Å²) < 4.78 is 13.2. The first kappa shape index (κ1) is 9.21. The number of benzene rings is 1. The van der Waals surface area contributed by atoms with Crippen molar-refractivity contribution in [3.05, 3.63) is 41.0 Å². The van der Waals surface area contributed by atoms with Crippen molar-refractivity contribution in [2.45, 2.75) is 6.92 Å². The normalized spacial score (nSPS) is 10.4. The van der Waals surface area contributed by atoms with Gasteiger partial charge in [-0.25, -0.2) is 4.39 Å². The fraction of sp³-hybridized carbons (Fsp3) is 0.0909. The van der Waals surface area contributed by atoms with E-state index in [1.54, 1.807) is 17.4 Å². The van der Waals surface area contributed by atoms with Gasteiger partial charge in [0.25, 0.3) is 0 Å². The molecule has 0 unspecified atom stereocenters. The topological polar surface area (TPSA) is 26.0 Å². The molecular formula is C11H10FNS. The van der Waals surface area contributed by atoms with Crippen LogP contribution in [0.5, 0.6) is 0 Å². The molecule has 2 rings (SSSR count). The molecule has 0 aliphatic rings. The zero-order chi connectivity index (χ0) is 10.1. The first-order valence-corrected chi connectivity index (χ1v) is 5.16. The molecule has 0 amide bonds. The molecular weight excluding hydrogens is 197 g/mol. The summed E-state index contributed by atoms with van der Waals surface area (Å²) in [6.07, 6.45) is 0. The van der Waals surface area contributed by atoms with Crippen molar-refractivity contribution in [2.75, 3.05) is 5.73 Å². The van der Waals surface area contributed by atoms with Crippen LogP contribution in [0.2, 0.25) is 0 Å².